The lowest BCUT2D eigenvalue weighted by molar-refractivity contribution is -0.183. The minimum atomic E-state index is -4.45. The van der Waals surface area contributed by atoms with Crippen molar-refractivity contribution in [1.29, 1.82) is 0 Å². The second-order valence-corrected chi connectivity index (χ2v) is 9.68. The van der Waals surface area contributed by atoms with Crippen LogP contribution in [-0.4, -0.2) is 40.6 Å². The molecule has 4 rings (SSSR count). The van der Waals surface area contributed by atoms with Crippen molar-refractivity contribution in [2.24, 2.45) is 23.0 Å². The zero-order valence-corrected chi connectivity index (χ0v) is 18.3. The number of aromatic nitrogens is 2. The quantitative estimate of drug-likeness (QED) is 0.642. The van der Waals surface area contributed by atoms with Crippen LogP contribution in [0.4, 0.5) is 13.2 Å². The maximum absolute atomic E-state index is 13.1. The molecule has 3 fully saturated rings. The summed E-state index contributed by atoms with van der Waals surface area (Å²) in [7, 11) is 0. The number of fused-ring (bicyclic) bond motifs is 1. The van der Waals surface area contributed by atoms with E-state index in [4.69, 9.17) is 10.5 Å². The smallest absolute Gasteiger partial charge is 0.404 e. The third-order valence-corrected chi connectivity index (χ3v) is 6.29. The Morgan fingerprint density at radius 3 is 2.52 bits per heavy atom. The van der Waals surface area contributed by atoms with Crippen molar-refractivity contribution in [2.75, 3.05) is 6.61 Å². The molecular weight excluding hydrogens is 413 g/mol. The van der Waals surface area contributed by atoms with Gasteiger partial charge in [0.1, 0.15) is 24.0 Å². The summed E-state index contributed by atoms with van der Waals surface area (Å²) in [6, 6.07) is -0.911. The van der Waals surface area contributed by atoms with Gasteiger partial charge in [0, 0.05) is 18.0 Å². The average Bonchev–Trinajstić information content (AvgIpc) is 3.14. The first-order valence-electron chi connectivity index (χ1n) is 10.7. The Morgan fingerprint density at radius 1 is 1.32 bits per heavy atom. The lowest BCUT2D eigenvalue weighted by atomic mass is 9.65. The molecule has 0 spiro atoms. The van der Waals surface area contributed by atoms with Gasteiger partial charge in [-0.25, -0.2) is 4.68 Å². The van der Waals surface area contributed by atoms with Crippen molar-refractivity contribution in [3.63, 3.8) is 0 Å². The third-order valence-electron chi connectivity index (χ3n) is 6.29. The molecule has 1 aromatic heterocycles. The molecule has 174 valence electrons. The van der Waals surface area contributed by atoms with Gasteiger partial charge in [-0.2, -0.15) is 18.3 Å². The van der Waals surface area contributed by atoms with Crippen molar-refractivity contribution in [1.82, 2.24) is 15.1 Å². The summed E-state index contributed by atoms with van der Waals surface area (Å²) in [5.74, 6) is 0.195. The van der Waals surface area contributed by atoms with E-state index < -0.39 is 29.1 Å². The van der Waals surface area contributed by atoms with Gasteiger partial charge in [0.2, 0.25) is 5.91 Å². The van der Waals surface area contributed by atoms with Gasteiger partial charge in [0.25, 0.3) is 5.56 Å². The molecule has 0 saturated heterocycles. The Morgan fingerprint density at radius 2 is 1.97 bits per heavy atom. The van der Waals surface area contributed by atoms with Gasteiger partial charge < -0.3 is 15.8 Å². The van der Waals surface area contributed by atoms with Crippen LogP contribution in [0.3, 0.4) is 0 Å². The Kier molecular flexibility index (Phi) is 6.42. The summed E-state index contributed by atoms with van der Waals surface area (Å²) in [5.41, 5.74) is 4.58. The number of nitrogens with two attached hydrogens (primary N) is 1. The van der Waals surface area contributed by atoms with Crippen LogP contribution in [0.1, 0.15) is 58.6 Å². The summed E-state index contributed by atoms with van der Waals surface area (Å²) < 4.78 is 46.0. The lowest BCUT2D eigenvalue weighted by Gasteiger charge is -2.43. The number of carbonyl (C=O) groups excluding carboxylic acids is 1. The molecule has 2 atom stereocenters. The Bertz CT molecular complexity index is 876. The van der Waals surface area contributed by atoms with Crippen LogP contribution in [0.5, 0.6) is 5.75 Å². The van der Waals surface area contributed by atoms with Crippen molar-refractivity contribution in [3.05, 3.63) is 22.1 Å². The molecular formula is C21H31F3N4O3. The van der Waals surface area contributed by atoms with E-state index in [9.17, 15) is 22.8 Å². The molecule has 2 bridgehead atoms. The van der Waals surface area contributed by atoms with Crippen molar-refractivity contribution in [3.8, 4) is 5.75 Å². The number of nitrogens with one attached hydrogen (secondary N) is 1. The van der Waals surface area contributed by atoms with E-state index in [0.29, 0.717) is 30.9 Å². The number of hydrogen-bond acceptors (Lipinski definition) is 5. The van der Waals surface area contributed by atoms with E-state index in [-0.39, 0.29) is 36.8 Å². The third kappa shape index (κ3) is 4.88. The van der Waals surface area contributed by atoms with Gasteiger partial charge in [-0.05, 0) is 36.5 Å². The van der Waals surface area contributed by atoms with E-state index in [1.165, 1.54) is 6.07 Å². The van der Waals surface area contributed by atoms with Crippen molar-refractivity contribution in [2.45, 2.75) is 77.7 Å². The van der Waals surface area contributed by atoms with Crippen LogP contribution in [0, 0.1) is 17.3 Å². The largest absolute Gasteiger partial charge is 0.491 e. The zero-order chi connectivity index (χ0) is 23.1. The average molecular weight is 444 g/mol. The maximum Gasteiger partial charge on any atom is 0.404 e. The van der Waals surface area contributed by atoms with E-state index in [2.05, 4.69) is 10.4 Å². The van der Waals surface area contributed by atoms with E-state index >= 15 is 0 Å². The van der Waals surface area contributed by atoms with Crippen LogP contribution in [0.25, 0.3) is 0 Å². The van der Waals surface area contributed by atoms with Crippen LogP contribution >= 0.6 is 0 Å². The number of alkyl halides is 3. The summed E-state index contributed by atoms with van der Waals surface area (Å²) in [4.78, 5) is 25.0. The van der Waals surface area contributed by atoms with E-state index in [1.807, 2.05) is 27.7 Å². The fraction of sp³-hybridized carbons (Fsp3) is 0.762. The minimum Gasteiger partial charge on any atom is -0.491 e. The van der Waals surface area contributed by atoms with Gasteiger partial charge in [-0.3, -0.25) is 9.59 Å². The molecule has 1 amide bonds. The van der Waals surface area contributed by atoms with Crippen LogP contribution in [0.15, 0.2) is 10.9 Å². The summed E-state index contributed by atoms with van der Waals surface area (Å²) in [6.45, 7) is 7.95. The van der Waals surface area contributed by atoms with Gasteiger partial charge in [0.15, 0.2) is 0 Å². The highest BCUT2D eigenvalue weighted by atomic mass is 19.4. The number of amides is 1. The number of rotatable bonds is 8. The predicted octanol–water partition coefficient (Wildman–Crippen LogP) is 2.58. The fourth-order valence-electron chi connectivity index (χ4n) is 4.70. The Labute approximate surface area is 179 Å². The van der Waals surface area contributed by atoms with Crippen molar-refractivity contribution >= 4 is 5.91 Å². The Hall–Kier alpha value is -2.10. The van der Waals surface area contributed by atoms with E-state index in [0.717, 1.165) is 4.68 Å². The van der Waals surface area contributed by atoms with E-state index in [1.54, 1.807) is 0 Å². The molecule has 1 heterocycles. The number of nitrogens with zero attached hydrogens (tertiary/aromatic N) is 2. The first-order valence-corrected chi connectivity index (χ1v) is 10.7. The van der Waals surface area contributed by atoms with Gasteiger partial charge in [0.05, 0.1) is 6.61 Å². The maximum atomic E-state index is 13.1. The number of halogens is 3. The Balaban J connectivity index is 1.66. The minimum absolute atomic E-state index is 0.0138. The molecule has 0 aliphatic heterocycles. The molecule has 10 heteroatoms. The highest BCUT2D eigenvalue weighted by Gasteiger charge is 2.64. The monoisotopic (exact) mass is 444 g/mol. The molecule has 31 heavy (non-hydrogen) atoms. The lowest BCUT2D eigenvalue weighted by Crippen LogP contribution is -2.53. The highest BCUT2D eigenvalue weighted by Crippen LogP contribution is 2.62. The molecule has 3 saturated carbocycles. The first-order chi connectivity index (χ1) is 14.3. The van der Waals surface area contributed by atoms with Gasteiger partial charge >= 0.3 is 6.18 Å². The summed E-state index contributed by atoms with van der Waals surface area (Å²) >= 11 is 0. The van der Waals surface area contributed by atoms with Crippen LogP contribution < -0.4 is 21.3 Å². The SMILES string of the molecule is CC(C)COc1cc(=O)n(CC(=O)N[C@@H]2CC3(C(N)C(F)(F)F)CC2C3)nc1C(C)C. The van der Waals surface area contributed by atoms with Gasteiger partial charge in [-0.1, -0.05) is 27.7 Å². The topological polar surface area (TPSA) is 99.2 Å². The second-order valence-electron chi connectivity index (χ2n) is 9.68. The molecule has 1 unspecified atom stereocenters. The molecule has 1 aromatic rings. The standard InChI is InChI=1S/C21H31F3N4O3/c1-11(2)10-31-15-5-17(30)28(27-18(15)12(3)4)9-16(29)26-14-8-20(6-13(14)7-20)19(25)21(22,23)24/h5,11-14,19H,6-10,25H2,1-4H3,(H,26,29)/t13?,14-,19?,20?/m1/s1. The normalized spacial score (nSPS) is 26.1. The summed E-state index contributed by atoms with van der Waals surface area (Å²) in [6.07, 6.45) is -3.54. The van der Waals surface area contributed by atoms with Crippen LogP contribution in [-0.2, 0) is 11.3 Å². The molecule has 3 aliphatic carbocycles. The predicted molar refractivity (Wildman–Crippen MR) is 109 cm³/mol. The number of carbonyl (C=O) groups is 1. The molecule has 3 N–H and O–H groups in total. The molecule has 0 radical (unpaired) electrons. The van der Waals surface area contributed by atoms with Crippen molar-refractivity contribution < 1.29 is 22.7 Å². The molecule has 0 aromatic carbocycles. The zero-order valence-electron chi connectivity index (χ0n) is 18.3. The number of hydrogen-bond donors (Lipinski definition) is 2. The fourth-order valence-corrected chi connectivity index (χ4v) is 4.70. The molecule has 3 aliphatic rings. The highest BCUT2D eigenvalue weighted by molar-refractivity contribution is 5.76. The molecule has 7 nitrogen and oxygen atoms in total. The summed E-state index contributed by atoms with van der Waals surface area (Å²) in [5, 5.41) is 7.11. The number of ether oxygens (including phenoxy) is 1. The second kappa shape index (κ2) is 8.44. The first kappa shape index (κ1) is 23.6. The van der Waals surface area contributed by atoms with Gasteiger partial charge in [-0.15, -0.1) is 0 Å². The van der Waals surface area contributed by atoms with Crippen LogP contribution in [0.2, 0.25) is 0 Å².